The lowest BCUT2D eigenvalue weighted by Gasteiger charge is -2.13. The lowest BCUT2D eigenvalue weighted by molar-refractivity contribution is 0.0168. The molecule has 0 spiro atoms. The molecule has 0 saturated carbocycles. The molecular formula is C18H29N3O3S. The maximum absolute atomic E-state index is 12.1. The van der Waals surface area contributed by atoms with Crippen molar-refractivity contribution in [2.45, 2.75) is 30.3 Å². The third-order valence-corrected chi connectivity index (χ3v) is 5.27. The van der Waals surface area contributed by atoms with E-state index in [0.29, 0.717) is 25.5 Å². The molecule has 0 aliphatic carbocycles. The van der Waals surface area contributed by atoms with Crippen molar-refractivity contribution in [1.29, 1.82) is 0 Å². The van der Waals surface area contributed by atoms with Gasteiger partial charge in [-0.25, -0.2) is 0 Å². The van der Waals surface area contributed by atoms with E-state index in [0.717, 1.165) is 43.3 Å². The third kappa shape index (κ3) is 7.98. The van der Waals surface area contributed by atoms with Crippen LogP contribution in [-0.2, 0) is 20.3 Å². The fourth-order valence-corrected chi connectivity index (χ4v) is 3.53. The van der Waals surface area contributed by atoms with Crippen LogP contribution in [-0.4, -0.2) is 62.0 Å². The highest BCUT2D eigenvalue weighted by atomic mass is 32.2. The predicted octanol–water partition coefficient (Wildman–Crippen LogP) is 1.54. The predicted molar refractivity (Wildman–Crippen MR) is 101 cm³/mol. The van der Waals surface area contributed by atoms with Crippen LogP contribution >= 0.6 is 0 Å². The summed E-state index contributed by atoms with van der Waals surface area (Å²) in [6, 6.07) is 9.51. The van der Waals surface area contributed by atoms with E-state index in [1.807, 2.05) is 30.3 Å². The maximum atomic E-state index is 12.1. The number of hydrogen-bond acceptors (Lipinski definition) is 4. The van der Waals surface area contributed by atoms with Gasteiger partial charge in [-0.05, 0) is 31.4 Å². The topological polar surface area (TPSA) is 72.0 Å². The summed E-state index contributed by atoms with van der Waals surface area (Å²) < 4.78 is 23.3. The summed E-state index contributed by atoms with van der Waals surface area (Å²) in [7, 11) is 0.743. The number of aliphatic imine (C=N–C) groups is 1. The molecule has 0 bridgehead atoms. The van der Waals surface area contributed by atoms with Crippen molar-refractivity contribution in [2.24, 2.45) is 4.99 Å². The van der Waals surface area contributed by atoms with Gasteiger partial charge < -0.3 is 20.1 Å². The number of guanidine groups is 1. The van der Waals surface area contributed by atoms with E-state index < -0.39 is 10.8 Å². The van der Waals surface area contributed by atoms with Crippen molar-refractivity contribution in [2.75, 3.05) is 45.7 Å². The minimum absolute atomic E-state index is 0.285. The van der Waals surface area contributed by atoms with E-state index in [2.05, 4.69) is 15.6 Å². The second-order valence-corrected chi connectivity index (χ2v) is 7.42. The molecule has 1 aliphatic heterocycles. The lowest BCUT2D eigenvalue weighted by atomic mass is 10.2. The van der Waals surface area contributed by atoms with E-state index >= 15 is 0 Å². The molecule has 2 unspecified atom stereocenters. The normalized spacial score (nSPS) is 18.9. The molecule has 0 radical (unpaired) electrons. The van der Waals surface area contributed by atoms with E-state index in [-0.39, 0.29) is 6.10 Å². The summed E-state index contributed by atoms with van der Waals surface area (Å²) in [6.07, 6.45) is 3.45. The fourth-order valence-electron chi connectivity index (χ4n) is 2.54. The molecule has 2 atom stereocenters. The molecular weight excluding hydrogens is 338 g/mol. The van der Waals surface area contributed by atoms with Crippen LogP contribution in [0.4, 0.5) is 0 Å². The Bertz CT molecular complexity index is 534. The molecule has 1 heterocycles. The highest BCUT2D eigenvalue weighted by molar-refractivity contribution is 7.85. The number of benzene rings is 1. The Labute approximate surface area is 152 Å². The lowest BCUT2D eigenvalue weighted by Crippen LogP contribution is -2.39. The van der Waals surface area contributed by atoms with Crippen LogP contribution in [0.2, 0.25) is 0 Å². The first-order valence-corrected chi connectivity index (χ1v) is 10.2. The summed E-state index contributed by atoms with van der Waals surface area (Å²) in [5.74, 6) is 1.28. The molecule has 1 aromatic carbocycles. The van der Waals surface area contributed by atoms with E-state index in [9.17, 15) is 4.21 Å². The molecule has 25 heavy (non-hydrogen) atoms. The second kappa shape index (κ2) is 12.0. The summed E-state index contributed by atoms with van der Waals surface area (Å²) >= 11 is 0. The zero-order chi connectivity index (χ0) is 17.7. The van der Waals surface area contributed by atoms with E-state index in [4.69, 9.17) is 9.47 Å². The monoisotopic (exact) mass is 367 g/mol. The first kappa shape index (κ1) is 19.9. The van der Waals surface area contributed by atoms with Gasteiger partial charge in [0.25, 0.3) is 0 Å². The van der Waals surface area contributed by atoms with Crippen molar-refractivity contribution in [3.63, 3.8) is 0 Å². The Balaban J connectivity index is 1.51. The largest absolute Gasteiger partial charge is 0.379 e. The van der Waals surface area contributed by atoms with Crippen molar-refractivity contribution in [1.82, 2.24) is 10.6 Å². The van der Waals surface area contributed by atoms with Gasteiger partial charge in [0.05, 0.1) is 23.5 Å². The average molecular weight is 368 g/mol. The van der Waals surface area contributed by atoms with Gasteiger partial charge >= 0.3 is 0 Å². The quantitative estimate of drug-likeness (QED) is 0.373. The molecule has 7 heteroatoms. The van der Waals surface area contributed by atoms with Gasteiger partial charge in [0.1, 0.15) is 0 Å². The molecule has 1 fully saturated rings. The van der Waals surface area contributed by atoms with Crippen LogP contribution in [0, 0.1) is 0 Å². The van der Waals surface area contributed by atoms with Gasteiger partial charge in [0, 0.05) is 44.0 Å². The molecule has 6 nitrogen and oxygen atoms in total. The smallest absolute Gasteiger partial charge is 0.191 e. The molecule has 2 N–H and O–H groups in total. The summed E-state index contributed by atoms with van der Waals surface area (Å²) in [5.41, 5.74) is 0. The molecule has 1 saturated heterocycles. The Hall–Kier alpha value is -1.44. The van der Waals surface area contributed by atoms with Crippen LogP contribution < -0.4 is 10.6 Å². The van der Waals surface area contributed by atoms with Crippen LogP contribution in [0.1, 0.15) is 19.3 Å². The zero-order valence-electron chi connectivity index (χ0n) is 14.9. The standard InChI is InChI=1S/C18H29N3O3S/c1-19-18(20-10-6-12-23-15-16-7-5-13-24-16)21-11-14-25(22)17-8-3-2-4-9-17/h2-4,8-9,16H,5-7,10-15H2,1H3,(H2,19,20,21). The van der Waals surface area contributed by atoms with Crippen molar-refractivity contribution < 1.29 is 13.7 Å². The van der Waals surface area contributed by atoms with Gasteiger partial charge in [-0.1, -0.05) is 18.2 Å². The number of rotatable bonds is 10. The number of nitrogens with one attached hydrogen (secondary N) is 2. The van der Waals surface area contributed by atoms with Crippen LogP contribution in [0.5, 0.6) is 0 Å². The molecule has 1 aromatic rings. The van der Waals surface area contributed by atoms with Gasteiger partial charge in [0.2, 0.25) is 0 Å². The van der Waals surface area contributed by atoms with E-state index in [1.54, 1.807) is 7.05 Å². The highest BCUT2D eigenvalue weighted by Crippen LogP contribution is 2.11. The van der Waals surface area contributed by atoms with Gasteiger partial charge in [-0.2, -0.15) is 0 Å². The molecule has 0 amide bonds. The first-order chi connectivity index (χ1) is 12.3. The fraction of sp³-hybridized carbons (Fsp3) is 0.611. The molecule has 0 aromatic heterocycles. The highest BCUT2D eigenvalue weighted by Gasteiger charge is 2.14. The summed E-state index contributed by atoms with van der Waals surface area (Å²) in [4.78, 5) is 5.03. The zero-order valence-corrected chi connectivity index (χ0v) is 15.7. The van der Waals surface area contributed by atoms with Crippen LogP contribution in [0.25, 0.3) is 0 Å². The second-order valence-electron chi connectivity index (χ2n) is 5.85. The van der Waals surface area contributed by atoms with Crippen molar-refractivity contribution in [3.8, 4) is 0 Å². The molecule has 140 valence electrons. The first-order valence-electron chi connectivity index (χ1n) is 8.87. The Kier molecular flexibility index (Phi) is 9.54. The summed E-state index contributed by atoms with van der Waals surface area (Å²) in [5, 5.41) is 6.43. The SMILES string of the molecule is CN=C(NCCCOCC1CCCO1)NCCS(=O)c1ccccc1. The van der Waals surface area contributed by atoms with Gasteiger partial charge in [-0.15, -0.1) is 0 Å². The van der Waals surface area contributed by atoms with Crippen LogP contribution in [0.3, 0.4) is 0 Å². The van der Waals surface area contributed by atoms with Crippen LogP contribution in [0.15, 0.2) is 40.2 Å². The Morgan fingerprint density at radius 2 is 2.12 bits per heavy atom. The van der Waals surface area contributed by atoms with Gasteiger partial charge in [0.15, 0.2) is 5.96 Å². The third-order valence-electron chi connectivity index (χ3n) is 3.90. The molecule has 1 aliphatic rings. The number of hydrogen-bond donors (Lipinski definition) is 2. The van der Waals surface area contributed by atoms with Crippen molar-refractivity contribution >= 4 is 16.8 Å². The minimum atomic E-state index is -0.990. The average Bonchev–Trinajstić information content (AvgIpc) is 3.17. The summed E-state index contributed by atoms with van der Waals surface area (Å²) in [6.45, 7) is 3.66. The Morgan fingerprint density at radius 3 is 2.84 bits per heavy atom. The Morgan fingerprint density at radius 1 is 1.32 bits per heavy atom. The number of nitrogens with zero attached hydrogens (tertiary/aromatic N) is 1. The van der Waals surface area contributed by atoms with Crippen molar-refractivity contribution in [3.05, 3.63) is 30.3 Å². The molecule has 2 rings (SSSR count). The maximum Gasteiger partial charge on any atom is 0.191 e. The van der Waals surface area contributed by atoms with Gasteiger partial charge in [-0.3, -0.25) is 9.20 Å². The number of ether oxygens (including phenoxy) is 2. The minimum Gasteiger partial charge on any atom is -0.379 e. The van der Waals surface area contributed by atoms with E-state index in [1.165, 1.54) is 0 Å².